The van der Waals surface area contributed by atoms with Crippen LogP contribution < -0.4 is 5.32 Å². The number of ether oxygens (including phenoxy) is 1. The van der Waals surface area contributed by atoms with E-state index in [0.717, 1.165) is 32.2 Å². The van der Waals surface area contributed by atoms with E-state index in [-0.39, 0.29) is 12.1 Å². The minimum Gasteiger partial charge on any atom is -0.444 e. The number of amides is 1. The van der Waals surface area contributed by atoms with Crippen molar-refractivity contribution in [3.63, 3.8) is 0 Å². The molecule has 1 saturated carbocycles. The van der Waals surface area contributed by atoms with Gasteiger partial charge in [0.05, 0.1) is 0 Å². The van der Waals surface area contributed by atoms with E-state index in [9.17, 15) is 4.79 Å². The number of nitrogens with one attached hydrogen (secondary N) is 1. The predicted molar refractivity (Wildman–Crippen MR) is 91.3 cm³/mol. The molecule has 0 radical (unpaired) electrons. The molecule has 0 aromatic heterocycles. The Balaban J connectivity index is 1.71. The highest BCUT2D eigenvalue weighted by molar-refractivity contribution is 5.69. The second-order valence-corrected chi connectivity index (χ2v) is 7.71. The van der Waals surface area contributed by atoms with Crippen LogP contribution in [0.5, 0.6) is 0 Å². The van der Waals surface area contributed by atoms with E-state index in [1.165, 1.54) is 5.56 Å². The lowest BCUT2D eigenvalue weighted by Gasteiger charge is -2.39. The molecular weight excluding hydrogens is 288 g/mol. The molecule has 2 atom stereocenters. The van der Waals surface area contributed by atoms with Crippen molar-refractivity contribution in [3.05, 3.63) is 35.9 Å². The number of rotatable bonds is 3. The fourth-order valence-corrected chi connectivity index (χ4v) is 3.35. The summed E-state index contributed by atoms with van der Waals surface area (Å²) in [7, 11) is 0. The summed E-state index contributed by atoms with van der Waals surface area (Å²) in [6, 6.07) is 11.5. The summed E-state index contributed by atoms with van der Waals surface area (Å²) in [5.41, 5.74) is 0.868. The third kappa shape index (κ3) is 4.25. The van der Waals surface area contributed by atoms with Crippen molar-refractivity contribution in [2.45, 2.75) is 70.2 Å². The summed E-state index contributed by atoms with van der Waals surface area (Å²) in [6.45, 7) is 6.75. The zero-order valence-electron chi connectivity index (χ0n) is 14.4. The van der Waals surface area contributed by atoms with Crippen LogP contribution in [0.3, 0.4) is 0 Å². The standard InChI is InChI=1S/C19H28N2O2/c1-19(2,3)23-18(22)21(15-9-10-15)16-11-12-20-17(13-16)14-7-5-4-6-8-14/h4-8,15-17,20H,9-13H2,1-3H3/t16?,17-/m0/s1. The maximum Gasteiger partial charge on any atom is 0.410 e. The molecule has 1 saturated heterocycles. The highest BCUT2D eigenvalue weighted by atomic mass is 16.6. The van der Waals surface area contributed by atoms with Crippen molar-refractivity contribution in [2.75, 3.05) is 6.54 Å². The largest absolute Gasteiger partial charge is 0.444 e. The molecule has 126 valence electrons. The van der Waals surface area contributed by atoms with Gasteiger partial charge in [-0.25, -0.2) is 4.79 Å². The Morgan fingerprint density at radius 2 is 1.83 bits per heavy atom. The fourth-order valence-electron chi connectivity index (χ4n) is 3.35. The molecule has 1 aliphatic carbocycles. The molecule has 23 heavy (non-hydrogen) atoms. The van der Waals surface area contributed by atoms with E-state index in [1.807, 2.05) is 31.7 Å². The first kappa shape index (κ1) is 16.3. The molecule has 2 aliphatic rings. The van der Waals surface area contributed by atoms with Crippen LogP contribution in [-0.2, 0) is 4.74 Å². The second kappa shape index (κ2) is 6.52. The molecule has 4 nitrogen and oxygen atoms in total. The smallest absolute Gasteiger partial charge is 0.410 e. The maximum atomic E-state index is 12.7. The van der Waals surface area contributed by atoms with Gasteiger partial charge in [-0.1, -0.05) is 30.3 Å². The summed E-state index contributed by atoms with van der Waals surface area (Å²) >= 11 is 0. The van der Waals surface area contributed by atoms with Crippen LogP contribution in [0.2, 0.25) is 0 Å². The molecule has 1 N–H and O–H groups in total. The van der Waals surface area contributed by atoms with Gasteiger partial charge in [-0.3, -0.25) is 0 Å². The van der Waals surface area contributed by atoms with Crippen LogP contribution in [-0.4, -0.2) is 35.2 Å². The van der Waals surface area contributed by atoms with E-state index in [4.69, 9.17) is 4.74 Å². The molecule has 0 spiro atoms. The third-order valence-corrected chi connectivity index (χ3v) is 4.52. The van der Waals surface area contributed by atoms with E-state index >= 15 is 0 Å². The van der Waals surface area contributed by atoms with Gasteiger partial charge in [0.25, 0.3) is 0 Å². The lowest BCUT2D eigenvalue weighted by Crippen LogP contribution is -2.49. The van der Waals surface area contributed by atoms with Gasteiger partial charge in [0, 0.05) is 18.1 Å². The summed E-state index contributed by atoms with van der Waals surface area (Å²) in [6.07, 6.45) is 4.04. The molecule has 1 unspecified atom stereocenters. The average molecular weight is 316 g/mol. The van der Waals surface area contributed by atoms with Gasteiger partial charge >= 0.3 is 6.09 Å². The summed E-state index contributed by atoms with van der Waals surface area (Å²) in [4.78, 5) is 14.7. The summed E-state index contributed by atoms with van der Waals surface area (Å²) in [5, 5.41) is 3.59. The quantitative estimate of drug-likeness (QED) is 0.920. The number of hydrogen-bond acceptors (Lipinski definition) is 3. The van der Waals surface area contributed by atoms with Gasteiger partial charge in [0.2, 0.25) is 0 Å². The van der Waals surface area contributed by atoms with E-state index in [2.05, 4.69) is 29.6 Å². The Morgan fingerprint density at radius 3 is 2.43 bits per heavy atom. The predicted octanol–water partition coefficient (Wildman–Crippen LogP) is 3.88. The fraction of sp³-hybridized carbons (Fsp3) is 0.632. The molecule has 4 heteroatoms. The highest BCUT2D eigenvalue weighted by Crippen LogP contribution is 2.35. The van der Waals surface area contributed by atoms with Crippen LogP contribution in [0.4, 0.5) is 4.79 Å². The van der Waals surface area contributed by atoms with Crippen molar-refractivity contribution in [2.24, 2.45) is 0 Å². The number of benzene rings is 1. The van der Waals surface area contributed by atoms with E-state index in [0.29, 0.717) is 12.1 Å². The Labute approximate surface area is 139 Å². The Morgan fingerprint density at radius 1 is 1.13 bits per heavy atom. The molecule has 3 rings (SSSR count). The number of carbonyl (C=O) groups excluding carboxylic acids is 1. The van der Waals surface area contributed by atoms with Crippen LogP contribution in [0.1, 0.15) is 58.1 Å². The summed E-state index contributed by atoms with van der Waals surface area (Å²) in [5.74, 6) is 0. The molecule has 1 aliphatic heterocycles. The van der Waals surface area contributed by atoms with Crippen LogP contribution >= 0.6 is 0 Å². The zero-order valence-corrected chi connectivity index (χ0v) is 14.4. The van der Waals surface area contributed by atoms with Gasteiger partial charge in [-0.15, -0.1) is 0 Å². The average Bonchev–Trinajstić information content (AvgIpc) is 3.32. The topological polar surface area (TPSA) is 41.6 Å². The molecule has 1 heterocycles. The lowest BCUT2D eigenvalue weighted by molar-refractivity contribution is 0.00877. The highest BCUT2D eigenvalue weighted by Gasteiger charge is 2.41. The lowest BCUT2D eigenvalue weighted by atomic mass is 9.93. The van der Waals surface area contributed by atoms with Gasteiger partial charge in [0.1, 0.15) is 5.60 Å². The molecule has 1 amide bonds. The first-order valence-electron chi connectivity index (χ1n) is 8.74. The molecule has 2 fully saturated rings. The van der Waals surface area contributed by atoms with Gasteiger partial charge < -0.3 is 15.0 Å². The number of carbonyl (C=O) groups is 1. The van der Waals surface area contributed by atoms with Gasteiger partial charge in [-0.2, -0.15) is 0 Å². The Kier molecular flexibility index (Phi) is 4.62. The monoisotopic (exact) mass is 316 g/mol. The molecular formula is C19H28N2O2. The van der Waals surface area contributed by atoms with E-state index < -0.39 is 5.60 Å². The normalized spacial score (nSPS) is 25.0. The van der Waals surface area contributed by atoms with Crippen molar-refractivity contribution in [1.29, 1.82) is 0 Å². The number of nitrogens with zero attached hydrogens (tertiary/aromatic N) is 1. The zero-order chi connectivity index (χ0) is 16.4. The minimum absolute atomic E-state index is 0.140. The number of piperidine rings is 1. The first-order valence-corrected chi connectivity index (χ1v) is 8.74. The summed E-state index contributed by atoms with van der Waals surface area (Å²) < 4.78 is 5.66. The molecule has 1 aromatic rings. The van der Waals surface area contributed by atoms with Gasteiger partial charge in [0.15, 0.2) is 0 Å². The van der Waals surface area contributed by atoms with Crippen LogP contribution in [0.25, 0.3) is 0 Å². The molecule has 0 bridgehead atoms. The van der Waals surface area contributed by atoms with Crippen LogP contribution in [0.15, 0.2) is 30.3 Å². The van der Waals surface area contributed by atoms with Crippen molar-refractivity contribution < 1.29 is 9.53 Å². The SMILES string of the molecule is CC(C)(C)OC(=O)N(C1CC1)C1CCN[C@H](c2ccccc2)C1. The first-order chi connectivity index (χ1) is 10.9. The van der Waals surface area contributed by atoms with Crippen molar-refractivity contribution in [1.82, 2.24) is 10.2 Å². The second-order valence-electron chi connectivity index (χ2n) is 7.71. The van der Waals surface area contributed by atoms with Crippen LogP contribution in [0, 0.1) is 0 Å². The van der Waals surface area contributed by atoms with E-state index in [1.54, 1.807) is 0 Å². The third-order valence-electron chi connectivity index (χ3n) is 4.52. The Bertz CT molecular complexity index is 534. The Hall–Kier alpha value is -1.55. The maximum absolute atomic E-state index is 12.7. The number of hydrogen-bond donors (Lipinski definition) is 1. The molecule has 1 aromatic carbocycles. The minimum atomic E-state index is -0.435. The van der Waals surface area contributed by atoms with Crippen molar-refractivity contribution >= 4 is 6.09 Å². The van der Waals surface area contributed by atoms with Crippen molar-refractivity contribution in [3.8, 4) is 0 Å². The van der Waals surface area contributed by atoms with Gasteiger partial charge in [-0.05, 0) is 58.6 Å².